The minimum absolute atomic E-state index is 0.0494. The summed E-state index contributed by atoms with van der Waals surface area (Å²) < 4.78 is 10.4. The number of amides is 1. The van der Waals surface area contributed by atoms with Crippen LogP contribution < -0.4 is 10.1 Å². The first-order valence-electron chi connectivity index (χ1n) is 10.2. The second-order valence-electron chi connectivity index (χ2n) is 8.25. The fraction of sp³-hybridized carbons (Fsp3) is 0.455. The lowest BCUT2D eigenvalue weighted by molar-refractivity contribution is 0.0948. The van der Waals surface area contributed by atoms with Crippen LogP contribution in [0.5, 0.6) is 11.5 Å². The first-order chi connectivity index (χ1) is 14.8. The highest BCUT2D eigenvalue weighted by Crippen LogP contribution is 2.30. The molecule has 166 valence electrons. The van der Waals surface area contributed by atoms with Crippen molar-refractivity contribution in [3.63, 3.8) is 0 Å². The molecule has 0 atom stereocenters. The molecule has 0 unspecified atom stereocenters. The Bertz CT molecular complexity index is 1020. The van der Waals surface area contributed by atoms with Crippen LogP contribution >= 0.6 is 11.3 Å². The van der Waals surface area contributed by atoms with E-state index in [1.54, 1.807) is 12.1 Å². The minimum atomic E-state index is -0.127. The van der Waals surface area contributed by atoms with Gasteiger partial charge in [0.05, 0.1) is 12.1 Å². The Morgan fingerprint density at radius 3 is 2.74 bits per heavy atom. The number of carbonyl (C=O) groups excluding carboxylic acids is 1. The molecule has 31 heavy (non-hydrogen) atoms. The Balaban J connectivity index is 1.39. The molecule has 0 radical (unpaired) electrons. The van der Waals surface area contributed by atoms with E-state index in [0.717, 1.165) is 24.3 Å². The second kappa shape index (κ2) is 9.91. The number of phenolic OH excluding ortho intramolecular Hbond substituents is 1. The molecule has 0 saturated carbocycles. The summed E-state index contributed by atoms with van der Waals surface area (Å²) in [6.45, 7) is 6.86. The first-order valence-corrected chi connectivity index (χ1v) is 11.1. The molecule has 2 aromatic heterocycles. The molecule has 0 spiro atoms. The van der Waals surface area contributed by atoms with Crippen molar-refractivity contribution in [2.45, 2.75) is 51.9 Å². The molecular weight excluding hydrogens is 416 g/mol. The van der Waals surface area contributed by atoms with Gasteiger partial charge in [0.2, 0.25) is 11.7 Å². The van der Waals surface area contributed by atoms with Gasteiger partial charge in [0.15, 0.2) is 11.5 Å². The van der Waals surface area contributed by atoms with Gasteiger partial charge in [0.1, 0.15) is 5.69 Å². The zero-order valence-electron chi connectivity index (χ0n) is 18.3. The molecule has 1 amide bonds. The molecule has 0 bridgehead atoms. The summed E-state index contributed by atoms with van der Waals surface area (Å²) in [5.41, 5.74) is 1.15. The molecule has 8 nitrogen and oxygen atoms in total. The van der Waals surface area contributed by atoms with E-state index in [0.29, 0.717) is 41.7 Å². The van der Waals surface area contributed by atoms with Gasteiger partial charge in [0.25, 0.3) is 5.91 Å². The molecule has 1 aromatic carbocycles. The van der Waals surface area contributed by atoms with Gasteiger partial charge in [-0.2, -0.15) is 4.98 Å². The van der Waals surface area contributed by atoms with Crippen LogP contribution in [-0.4, -0.2) is 39.8 Å². The number of thiazole rings is 1. The normalized spacial score (nSPS) is 11.5. The number of aryl methyl sites for hydroxylation is 1. The zero-order valence-corrected chi connectivity index (χ0v) is 19.1. The third-order valence-corrected chi connectivity index (χ3v) is 5.91. The van der Waals surface area contributed by atoms with Crippen LogP contribution in [0.3, 0.4) is 0 Å². The number of aromatic hydroxyl groups is 1. The summed E-state index contributed by atoms with van der Waals surface area (Å²) in [6.07, 6.45) is 3.33. The van der Waals surface area contributed by atoms with Gasteiger partial charge in [-0.3, -0.25) is 4.79 Å². The largest absolute Gasteiger partial charge is 0.504 e. The molecule has 2 N–H and O–H groups in total. The van der Waals surface area contributed by atoms with Crippen molar-refractivity contribution in [1.29, 1.82) is 0 Å². The Morgan fingerprint density at radius 1 is 1.23 bits per heavy atom. The average Bonchev–Trinajstić information content (AvgIpc) is 3.40. The lowest BCUT2D eigenvalue weighted by Gasteiger charge is -2.13. The number of benzene rings is 1. The minimum Gasteiger partial charge on any atom is -0.504 e. The molecule has 2 heterocycles. The highest BCUT2D eigenvalue weighted by atomic mass is 32.1. The van der Waals surface area contributed by atoms with E-state index in [9.17, 15) is 9.90 Å². The third kappa shape index (κ3) is 6.04. The number of nitrogens with one attached hydrogen (secondary N) is 1. The van der Waals surface area contributed by atoms with Crippen LogP contribution in [0, 0.1) is 0 Å². The highest BCUT2D eigenvalue weighted by Gasteiger charge is 2.20. The Hall–Kier alpha value is -2.94. The number of hydrogen-bond donors (Lipinski definition) is 2. The molecule has 0 aliphatic rings. The monoisotopic (exact) mass is 444 g/mol. The van der Waals surface area contributed by atoms with E-state index >= 15 is 0 Å². The predicted octanol–water partition coefficient (Wildman–Crippen LogP) is 4.35. The molecule has 0 aliphatic heterocycles. The van der Waals surface area contributed by atoms with E-state index in [2.05, 4.69) is 41.2 Å². The summed E-state index contributed by atoms with van der Waals surface area (Å²) in [5, 5.41) is 19.4. The Morgan fingerprint density at radius 2 is 2.03 bits per heavy atom. The van der Waals surface area contributed by atoms with E-state index < -0.39 is 0 Å². The maximum Gasteiger partial charge on any atom is 0.270 e. The van der Waals surface area contributed by atoms with Crippen LogP contribution in [0.15, 0.2) is 28.1 Å². The number of carbonyl (C=O) groups is 1. The van der Waals surface area contributed by atoms with E-state index in [4.69, 9.17) is 9.26 Å². The summed E-state index contributed by atoms with van der Waals surface area (Å²) >= 11 is 1.52. The van der Waals surface area contributed by atoms with Gasteiger partial charge >= 0.3 is 0 Å². The number of aromatic nitrogens is 3. The van der Waals surface area contributed by atoms with Gasteiger partial charge in [0, 0.05) is 29.3 Å². The van der Waals surface area contributed by atoms with Gasteiger partial charge in [-0.1, -0.05) is 32.3 Å². The van der Waals surface area contributed by atoms with E-state index in [-0.39, 0.29) is 17.1 Å². The van der Waals surface area contributed by atoms with Crippen molar-refractivity contribution < 1.29 is 19.2 Å². The summed E-state index contributed by atoms with van der Waals surface area (Å²) in [5.74, 6) is 1.31. The number of hydrogen-bond acceptors (Lipinski definition) is 8. The number of rotatable bonds is 9. The Kier molecular flexibility index (Phi) is 7.27. The van der Waals surface area contributed by atoms with Crippen molar-refractivity contribution in [3.05, 3.63) is 40.2 Å². The van der Waals surface area contributed by atoms with Crippen molar-refractivity contribution in [2.75, 3.05) is 13.7 Å². The van der Waals surface area contributed by atoms with Crippen LogP contribution in [0.4, 0.5) is 0 Å². The fourth-order valence-electron chi connectivity index (χ4n) is 2.88. The van der Waals surface area contributed by atoms with Crippen LogP contribution in [0.2, 0.25) is 0 Å². The SMILES string of the molecule is COc1cc(-c2noc(CCCCCNC(=O)c3csc(C(C)(C)C)n3)n2)ccc1O. The first kappa shape index (κ1) is 22.7. The van der Waals surface area contributed by atoms with Crippen molar-refractivity contribution in [3.8, 4) is 22.9 Å². The molecule has 0 aliphatic carbocycles. The second-order valence-corrected chi connectivity index (χ2v) is 9.11. The Labute approximate surface area is 185 Å². The third-order valence-electron chi connectivity index (χ3n) is 4.64. The number of unbranched alkanes of at least 4 members (excludes halogenated alkanes) is 2. The van der Waals surface area contributed by atoms with Gasteiger partial charge < -0.3 is 19.7 Å². The van der Waals surface area contributed by atoms with Crippen LogP contribution in [-0.2, 0) is 11.8 Å². The molecule has 0 saturated heterocycles. The van der Waals surface area contributed by atoms with Gasteiger partial charge in [-0.05, 0) is 31.0 Å². The maximum absolute atomic E-state index is 12.2. The fourth-order valence-corrected chi connectivity index (χ4v) is 3.77. The van der Waals surface area contributed by atoms with Crippen molar-refractivity contribution in [2.24, 2.45) is 0 Å². The topological polar surface area (TPSA) is 110 Å². The molecule has 3 rings (SSSR count). The summed E-state index contributed by atoms with van der Waals surface area (Å²) in [6, 6.07) is 4.91. The molecular formula is C22H28N4O4S. The lowest BCUT2D eigenvalue weighted by Crippen LogP contribution is -2.25. The maximum atomic E-state index is 12.2. The van der Waals surface area contributed by atoms with Crippen molar-refractivity contribution in [1.82, 2.24) is 20.4 Å². The van der Waals surface area contributed by atoms with Gasteiger partial charge in [-0.25, -0.2) is 4.98 Å². The zero-order chi connectivity index (χ0) is 22.4. The van der Waals surface area contributed by atoms with Crippen LogP contribution in [0.25, 0.3) is 11.4 Å². The smallest absolute Gasteiger partial charge is 0.270 e. The van der Waals surface area contributed by atoms with E-state index in [1.807, 2.05) is 5.38 Å². The van der Waals surface area contributed by atoms with Crippen LogP contribution in [0.1, 0.15) is 61.4 Å². The highest BCUT2D eigenvalue weighted by molar-refractivity contribution is 7.10. The molecule has 9 heteroatoms. The standard InChI is InChI=1S/C22H28N4O4S/c1-22(2,3)21-24-15(13-31-21)20(28)23-11-7-5-6-8-18-25-19(26-30-18)14-9-10-16(27)17(12-14)29-4/h9-10,12-13,27H,5-8,11H2,1-4H3,(H,23,28). The molecule has 0 fully saturated rings. The summed E-state index contributed by atoms with van der Waals surface area (Å²) in [4.78, 5) is 21.1. The average molecular weight is 445 g/mol. The number of methoxy groups -OCH3 is 1. The number of nitrogens with zero attached hydrogens (tertiary/aromatic N) is 3. The summed E-state index contributed by atoms with van der Waals surface area (Å²) in [7, 11) is 1.49. The molecule has 3 aromatic rings. The number of phenols is 1. The van der Waals surface area contributed by atoms with Crippen molar-refractivity contribution >= 4 is 17.2 Å². The quantitative estimate of drug-likeness (QED) is 0.472. The van der Waals surface area contributed by atoms with E-state index in [1.165, 1.54) is 24.5 Å². The lowest BCUT2D eigenvalue weighted by atomic mass is 9.98. The predicted molar refractivity (Wildman–Crippen MR) is 119 cm³/mol. The van der Waals surface area contributed by atoms with Gasteiger partial charge in [-0.15, -0.1) is 11.3 Å². The number of ether oxygens (including phenoxy) is 1.